The zero-order valence-electron chi connectivity index (χ0n) is 8.79. The maximum absolute atomic E-state index is 11.8. The fourth-order valence-electron chi connectivity index (χ4n) is 1.92. The number of nitrogens with two attached hydrogens (primary N) is 1. The van der Waals surface area contributed by atoms with Crippen molar-refractivity contribution in [3.8, 4) is 0 Å². The van der Waals surface area contributed by atoms with E-state index in [1.54, 1.807) is 4.90 Å². The molecule has 0 saturated carbocycles. The lowest BCUT2D eigenvalue weighted by molar-refractivity contribution is -0.117. The number of amides is 1. The second-order valence-electron chi connectivity index (χ2n) is 3.87. The number of nitrogen functional groups attached to an aromatic ring is 1. The second-order valence-corrected chi connectivity index (χ2v) is 4.60. The van der Waals surface area contributed by atoms with E-state index in [9.17, 15) is 4.79 Å². The first kappa shape index (κ1) is 10.3. The second kappa shape index (κ2) is 3.59. The summed E-state index contributed by atoms with van der Waals surface area (Å²) in [6.45, 7) is 0.520. The number of anilines is 2. The van der Waals surface area contributed by atoms with Crippen LogP contribution in [0.3, 0.4) is 0 Å². The summed E-state index contributed by atoms with van der Waals surface area (Å²) >= 11 is 4.30. The lowest BCUT2D eigenvalue weighted by Crippen LogP contribution is -2.26. The number of nitrogens with zero attached hydrogens (tertiary/aromatic N) is 4. The Labute approximate surface area is 102 Å². The van der Waals surface area contributed by atoms with Gasteiger partial charge in [0.2, 0.25) is 11.9 Å². The zero-order chi connectivity index (χ0) is 12.0. The van der Waals surface area contributed by atoms with Gasteiger partial charge in [-0.25, -0.2) is 4.98 Å². The fourth-order valence-corrected chi connectivity index (χ4v) is 2.24. The van der Waals surface area contributed by atoms with Crippen LogP contribution in [0.4, 0.5) is 11.8 Å². The summed E-state index contributed by atoms with van der Waals surface area (Å²) in [6, 6.07) is 0. The van der Waals surface area contributed by atoms with E-state index < -0.39 is 0 Å². The first-order valence-electron chi connectivity index (χ1n) is 5.10. The summed E-state index contributed by atoms with van der Waals surface area (Å²) in [5.41, 5.74) is 6.68. The Hall–Kier alpha value is -1.83. The third-order valence-electron chi connectivity index (χ3n) is 2.64. The third kappa shape index (κ3) is 1.60. The molecule has 1 aliphatic rings. The van der Waals surface area contributed by atoms with E-state index in [1.165, 1.54) is 6.33 Å². The lowest BCUT2D eigenvalue weighted by Gasteiger charge is -2.15. The molecule has 1 unspecified atom stereocenters. The van der Waals surface area contributed by atoms with E-state index in [0.29, 0.717) is 29.9 Å². The molecule has 1 amide bonds. The van der Waals surface area contributed by atoms with Crippen LogP contribution in [0.5, 0.6) is 0 Å². The fraction of sp³-hybridized carbons (Fsp3) is 0.333. The van der Waals surface area contributed by atoms with Crippen LogP contribution in [0.1, 0.15) is 6.42 Å². The van der Waals surface area contributed by atoms with Gasteiger partial charge in [0.15, 0.2) is 11.5 Å². The molecule has 3 rings (SSSR count). The number of H-pyrrole nitrogens is 1. The highest BCUT2D eigenvalue weighted by Crippen LogP contribution is 2.27. The van der Waals surface area contributed by atoms with Crippen molar-refractivity contribution in [3.63, 3.8) is 0 Å². The number of aromatic nitrogens is 4. The maximum atomic E-state index is 11.8. The predicted molar refractivity (Wildman–Crippen MR) is 65.8 cm³/mol. The first-order chi connectivity index (χ1) is 8.15. The molecule has 0 aliphatic carbocycles. The van der Waals surface area contributed by atoms with Crippen LogP contribution >= 0.6 is 12.6 Å². The number of fused-ring (bicyclic) bond motifs is 1. The van der Waals surface area contributed by atoms with Crippen molar-refractivity contribution in [1.82, 2.24) is 19.9 Å². The van der Waals surface area contributed by atoms with Crippen molar-refractivity contribution < 1.29 is 4.79 Å². The molecular formula is C9H10N6OS. The van der Waals surface area contributed by atoms with Crippen LogP contribution in [-0.4, -0.2) is 37.6 Å². The topological polar surface area (TPSA) is 101 Å². The van der Waals surface area contributed by atoms with Crippen LogP contribution in [-0.2, 0) is 4.79 Å². The van der Waals surface area contributed by atoms with Gasteiger partial charge in [-0.1, -0.05) is 0 Å². The van der Waals surface area contributed by atoms with E-state index in [0.717, 1.165) is 0 Å². The highest BCUT2D eigenvalue weighted by Gasteiger charge is 2.31. The average Bonchev–Trinajstić information content (AvgIpc) is 2.83. The molecule has 7 nitrogen and oxygen atoms in total. The number of carbonyl (C=O) groups is 1. The summed E-state index contributed by atoms with van der Waals surface area (Å²) in [6.07, 6.45) is 1.91. The quantitative estimate of drug-likeness (QED) is 0.617. The van der Waals surface area contributed by atoms with Crippen molar-refractivity contribution in [2.24, 2.45) is 0 Å². The van der Waals surface area contributed by atoms with Gasteiger partial charge in [-0.3, -0.25) is 9.69 Å². The van der Waals surface area contributed by atoms with Gasteiger partial charge in [-0.2, -0.15) is 22.6 Å². The van der Waals surface area contributed by atoms with Crippen LogP contribution in [0.15, 0.2) is 6.33 Å². The van der Waals surface area contributed by atoms with E-state index in [4.69, 9.17) is 5.73 Å². The average molecular weight is 250 g/mol. The molecule has 0 aromatic carbocycles. The minimum Gasteiger partial charge on any atom is -0.368 e. The van der Waals surface area contributed by atoms with E-state index >= 15 is 0 Å². The Morgan fingerprint density at radius 1 is 1.53 bits per heavy atom. The minimum atomic E-state index is -0.0148. The van der Waals surface area contributed by atoms with E-state index in [-0.39, 0.29) is 17.1 Å². The molecule has 1 saturated heterocycles. The molecule has 0 radical (unpaired) electrons. The number of hydrogen-bond acceptors (Lipinski definition) is 6. The Kier molecular flexibility index (Phi) is 2.18. The largest absolute Gasteiger partial charge is 0.368 e. The number of carbonyl (C=O) groups excluding carboxylic acids is 1. The molecule has 0 bridgehead atoms. The third-order valence-corrected chi connectivity index (χ3v) is 2.99. The van der Waals surface area contributed by atoms with Crippen molar-refractivity contribution in [1.29, 1.82) is 0 Å². The number of aromatic amines is 1. The van der Waals surface area contributed by atoms with Crippen LogP contribution < -0.4 is 10.6 Å². The summed E-state index contributed by atoms with van der Waals surface area (Å²) in [5, 5.41) is 0.0247. The highest BCUT2D eigenvalue weighted by molar-refractivity contribution is 7.81. The summed E-state index contributed by atoms with van der Waals surface area (Å²) in [7, 11) is 0. The molecular weight excluding hydrogens is 240 g/mol. The van der Waals surface area contributed by atoms with Crippen LogP contribution in [0, 0.1) is 0 Å². The van der Waals surface area contributed by atoms with Gasteiger partial charge < -0.3 is 10.7 Å². The Morgan fingerprint density at radius 3 is 3.06 bits per heavy atom. The van der Waals surface area contributed by atoms with Gasteiger partial charge in [0, 0.05) is 18.2 Å². The Bertz CT molecular complexity index is 596. The number of rotatable bonds is 1. The predicted octanol–water partition coefficient (Wildman–Crippen LogP) is -0.0298. The first-order valence-corrected chi connectivity index (χ1v) is 5.62. The normalized spacial score (nSPS) is 20.4. The van der Waals surface area contributed by atoms with Crippen LogP contribution in [0.25, 0.3) is 11.2 Å². The van der Waals surface area contributed by atoms with Gasteiger partial charge in [0.1, 0.15) is 5.52 Å². The maximum Gasteiger partial charge on any atom is 0.229 e. The molecule has 3 heterocycles. The van der Waals surface area contributed by atoms with Gasteiger partial charge in [0.05, 0.1) is 6.33 Å². The zero-order valence-corrected chi connectivity index (χ0v) is 9.69. The molecule has 1 atom stereocenters. The summed E-state index contributed by atoms with van der Waals surface area (Å²) in [4.78, 5) is 28.4. The lowest BCUT2D eigenvalue weighted by atomic mass is 10.4. The van der Waals surface area contributed by atoms with E-state index in [1.807, 2.05) is 0 Å². The molecule has 2 aromatic rings. The SMILES string of the molecule is Nc1nc(N2CC(S)CC2=O)c2[nH]cnc2n1. The van der Waals surface area contributed by atoms with Gasteiger partial charge in [-0.05, 0) is 0 Å². The molecule has 0 spiro atoms. The van der Waals surface area contributed by atoms with Crippen LogP contribution in [0.2, 0.25) is 0 Å². The molecule has 1 aliphatic heterocycles. The standard InChI is InChI=1S/C9H10N6OS/c10-9-13-7-6(11-3-12-7)8(14-9)15-2-4(17)1-5(15)16/h3-4,17H,1-2H2,(H3,10,11,12,13,14). The highest BCUT2D eigenvalue weighted by atomic mass is 32.1. The molecule has 1 fully saturated rings. The van der Waals surface area contributed by atoms with E-state index in [2.05, 4.69) is 32.6 Å². The minimum absolute atomic E-state index is 0.0148. The summed E-state index contributed by atoms with van der Waals surface area (Å²) in [5.74, 6) is 0.570. The van der Waals surface area contributed by atoms with Crippen molar-refractivity contribution in [3.05, 3.63) is 6.33 Å². The Morgan fingerprint density at radius 2 is 2.35 bits per heavy atom. The number of thiol groups is 1. The van der Waals surface area contributed by atoms with Crippen molar-refractivity contribution in [2.75, 3.05) is 17.2 Å². The number of nitrogens with one attached hydrogen (secondary N) is 1. The Balaban J connectivity index is 2.16. The molecule has 3 N–H and O–H groups in total. The molecule has 88 valence electrons. The van der Waals surface area contributed by atoms with Gasteiger partial charge in [-0.15, -0.1) is 0 Å². The van der Waals surface area contributed by atoms with Crippen molar-refractivity contribution >= 4 is 41.5 Å². The summed E-state index contributed by atoms with van der Waals surface area (Å²) < 4.78 is 0. The number of hydrogen-bond donors (Lipinski definition) is 3. The molecule has 8 heteroatoms. The smallest absolute Gasteiger partial charge is 0.229 e. The molecule has 2 aromatic heterocycles. The number of imidazole rings is 1. The monoisotopic (exact) mass is 250 g/mol. The molecule has 17 heavy (non-hydrogen) atoms. The van der Waals surface area contributed by atoms with Gasteiger partial charge >= 0.3 is 0 Å². The van der Waals surface area contributed by atoms with Gasteiger partial charge in [0.25, 0.3) is 0 Å². The van der Waals surface area contributed by atoms with Crippen molar-refractivity contribution in [2.45, 2.75) is 11.7 Å².